The molecule has 1 heterocycles. The molecule has 0 spiro atoms. The minimum atomic E-state index is 0.371. The van der Waals surface area contributed by atoms with Crippen LogP contribution in [0.4, 0.5) is 11.8 Å². The molecule has 1 unspecified atom stereocenters. The summed E-state index contributed by atoms with van der Waals surface area (Å²) in [5.41, 5.74) is 7.20. The summed E-state index contributed by atoms with van der Waals surface area (Å²) in [4.78, 5) is 8.52. The SMILES string of the molecule is Cc1cc(NC(C)C23CC4CC(CC(C4)C2)C3)nc(N)n1. The standard InChI is InChI=1S/C17H26N4/c1-10-3-15(21-16(18)19-10)20-11(2)17-7-12-4-13(8-17)6-14(5-12)9-17/h3,11-14H,4-9H2,1-2H3,(H3,18,19,20,21). The van der Waals surface area contributed by atoms with Crippen LogP contribution < -0.4 is 11.1 Å². The molecule has 0 saturated heterocycles. The lowest BCUT2D eigenvalue weighted by atomic mass is 9.48. The molecule has 4 aliphatic rings. The van der Waals surface area contributed by atoms with Crippen molar-refractivity contribution in [2.45, 2.75) is 58.4 Å². The molecule has 1 atom stereocenters. The van der Waals surface area contributed by atoms with Gasteiger partial charge in [0.1, 0.15) is 5.82 Å². The minimum absolute atomic E-state index is 0.371. The Bertz CT molecular complexity index is 498. The van der Waals surface area contributed by atoms with Crippen LogP contribution in [0.15, 0.2) is 6.07 Å². The lowest BCUT2D eigenvalue weighted by molar-refractivity contribution is -0.0603. The van der Waals surface area contributed by atoms with Crippen LogP contribution in [-0.4, -0.2) is 16.0 Å². The van der Waals surface area contributed by atoms with Gasteiger partial charge in [0.2, 0.25) is 5.95 Å². The second-order valence-electron chi connectivity index (χ2n) is 7.90. The lowest BCUT2D eigenvalue weighted by Gasteiger charge is -2.59. The van der Waals surface area contributed by atoms with Gasteiger partial charge in [-0.05, 0) is 75.5 Å². The third-order valence-electron chi connectivity index (χ3n) is 6.24. The molecule has 4 aliphatic carbocycles. The van der Waals surface area contributed by atoms with Crippen molar-refractivity contribution in [3.05, 3.63) is 11.8 Å². The van der Waals surface area contributed by atoms with Crippen LogP contribution in [0.1, 0.15) is 51.1 Å². The van der Waals surface area contributed by atoms with E-state index in [-0.39, 0.29) is 0 Å². The van der Waals surface area contributed by atoms with E-state index in [1.165, 1.54) is 38.5 Å². The molecular weight excluding hydrogens is 260 g/mol. The molecule has 0 radical (unpaired) electrons. The van der Waals surface area contributed by atoms with E-state index in [4.69, 9.17) is 5.73 Å². The number of hydrogen-bond acceptors (Lipinski definition) is 4. The fraction of sp³-hybridized carbons (Fsp3) is 0.765. The normalized spacial score (nSPS) is 38.5. The molecule has 4 heteroatoms. The van der Waals surface area contributed by atoms with Gasteiger partial charge in [-0.1, -0.05) is 0 Å². The van der Waals surface area contributed by atoms with E-state index in [1.54, 1.807) is 0 Å². The van der Waals surface area contributed by atoms with Gasteiger partial charge < -0.3 is 11.1 Å². The number of anilines is 2. The summed E-state index contributed by atoms with van der Waals surface area (Å²) in [5.74, 6) is 4.21. The van der Waals surface area contributed by atoms with Crippen LogP contribution in [0.2, 0.25) is 0 Å². The van der Waals surface area contributed by atoms with Crippen molar-refractivity contribution in [2.24, 2.45) is 23.2 Å². The average Bonchev–Trinajstić information content (AvgIpc) is 2.35. The highest BCUT2D eigenvalue weighted by molar-refractivity contribution is 5.41. The van der Waals surface area contributed by atoms with E-state index in [0.29, 0.717) is 17.4 Å². The maximum Gasteiger partial charge on any atom is 0.222 e. The number of rotatable bonds is 3. The summed E-state index contributed by atoms with van der Waals surface area (Å²) >= 11 is 0. The zero-order valence-electron chi connectivity index (χ0n) is 13.1. The highest BCUT2D eigenvalue weighted by atomic mass is 15.1. The predicted octanol–water partition coefficient (Wildman–Crippen LogP) is 3.38. The second-order valence-corrected chi connectivity index (χ2v) is 7.90. The van der Waals surface area contributed by atoms with Crippen LogP contribution in [0.5, 0.6) is 0 Å². The number of nitrogens with zero attached hydrogens (tertiary/aromatic N) is 2. The molecule has 4 bridgehead atoms. The van der Waals surface area contributed by atoms with E-state index in [9.17, 15) is 0 Å². The molecule has 1 aromatic rings. The molecule has 0 aliphatic heterocycles. The van der Waals surface area contributed by atoms with Gasteiger partial charge in [-0.15, -0.1) is 0 Å². The Morgan fingerprint density at radius 2 is 1.71 bits per heavy atom. The van der Waals surface area contributed by atoms with Gasteiger partial charge in [-0.2, -0.15) is 4.98 Å². The topological polar surface area (TPSA) is 63.8 Å². The Labute approximate surface area is 126 Å². The first kappa shape index (κ1) is 13.4. The number of hydrogen-bond donors (Lipinski definition) is 2. The van der Waals surface area contributed by atoms with Crippen LogP contribution >= 0.6 is 0 Å². The molecular formula is C17H26N4. The van der Waals surface area contributed by atoms with E-state index in [0.717, 1.165) is 29.3 Å². The first-order valence-electron chi connectivity index (χ1n) is 8.40. The van der Waals surface area contributed by atoms with E-state index in [2.05, 4.69) is 22.2 Å². The number of aromatic nitrogens is 2. The first-order chi connectivity index (χ1) is 10.0. The second kappa shape index (κ2) is 4.59. The number of nitrogen functional groups attached to an aromatic ring is 1. The Kier molecular flexibility index (Phi) is 2.92. The van der Waals surface area contributed by atoms with Gasteiger partial charge in [0.15, 0.2) is 0 Å². The smallest absolute Gasteiger partial charge is 0.222 e. The fourth-order valence-electron chi connectivity index (χ4n) is 5.75. The summed E-state index contributed by atoms with van der Waals surface area (Å²) in [6, 6.07) is 2.48. The quantitative estimate of drug-likeness (QED) is 0.894. The highest BCUT2D eigenvalue weighted by Crippen LogP contribution is 2.61. The Hall–Kier alpha value is -1.32. The fourth-order valence-corrected chi connectivity index (χ4v) is 5.75. The maximum absolute atomic E-state index is 5.78. The Morgan fingerprint density at radius 3 is 2.24 bits per heavy atom. The van der Waals surface area contributed by atoms with E-state index < -0.39 is 0 Å². The monoisotopic (exact) mass is 286 g/mol. The van der Waals surface area contributed by atoms with Crippen molar-refractivity contribution in [3.8, 4) is 0 Å². The van der Waals surface area contributed by atoms with E-state index in [1.807, 2.05) is 13.0 Å². The Balaban J connectivity index is 1.55. The molecule has 4 saturated carbocycles. The molecule has 21 heavy (non-hydrogen) atoms. The van der Waals surface area contributed by atoms with Crippen LogP contribution in [0.25, 0.3) is 0 Å². The molecule has 0 aromatic carbocycles. The molecule has 5 rings (SSSR count). The van der Waals surface area contributed by atoms with Crippen molar-refractivity contribution in [1.82, 2.24) is 9.97 Å². The molecule has 114 valence electrons. The van der Waals surface area contributed by atoms with Crippen LogP contribution in [0, 0.1) is 30.1 Å². The van der Waals surface area contributed by atoms with Gasteiger partial charge >= 0.3 is 0 Å². The Morgan fingerprint density at radius 1 is 1.14 bits per heavy atom. The minimum Gasteiger partial charge on any atom is -0.368 e. The molecule has 3 N–H and O–H groups in total. The molecule has 0 amide bonds. The van der Waals surface area contributed by atoms with Crippen LogP contribution in [0.3, 0.4) is 0 Å². The number of nitrogens with two attached hydrogens (primary N) is 1. The third kappa shape index (κ3) is 2.29. The summed E-state index contributed by atoms with van der Waals surface area (Å²) < 4.78 is 0. The average molecular weight is 286 g/mol. The third-order valence-corrected chi connectivity index (χ3v) is 6.24. The number of aryl methyl sites for hydroxylation is 1. The van der Waals surface area contributed by atoms with Crippen molar-refractivity contribution >= 4 is 11.8 Å². The van der Waals surface area contributed by atoms with Crippen molar-refractivity contribution in [1.29, 1.82) is 0 Å². The van der Waals surface area contributed by atoms with Crippen molar-refractivity contribution in [3.63, 3.8) is 0 Å². The van der Waals surface area contributed by atoms with E-state index >= 15 is 0 Å². The van der Waals surface area contributed by atoms with Crippen molar-refractivity contribution in [2.75, 3.05) is 11.1 Å². The molecule has 4 nitrogen and oxygen atoms in total. The summed E-state index contributed by atoms with van der Waals surface area (Å²) in [5, 5.41) is 3.65. The van der Waals surface area contributed by atoms with Gasteiger partial charge in [0, 0.05) is 17.8 Å². The number of nitrogens with one attached hydrogen (secondary N) is 1. The first-order valence-corrected chi connectivity index (χ1v) is 8.40. The van der Waals surface area contributed by atoms with Gasteiger partial charge in [0.05, 0.1) is 0 Å². The van der Waals surface area contributed by atoms with Crippen LogP contribution in [-0.2, 0) is 0 Å². The molecule has 4 fully saturated rings. The summed E-state index contributed by atoms with van der Waals surface area (Å²) in [6.07, 6.45) is 8.70. The summed E-state index contributed by atoms with van der Waals surface area (Å²) in [7, 11) is 0. The lowest BCUT2D eigenvalue weighted by Crippen LogP contribution is -2.53. The zero-order chi connectivity index (χ0) is 14.6. The van der Waals surface area contributed by atoms with Gasteiger partial charge in [-0.25, -0.2) is 4.98 Å². The van der Waals surface area contributed by atoms with Gasteiger partial charge in [-0.3, -0.25) is 0 Å². The zero-order valence-corrected chi connectivity index (χ0v) is 13.1. The maximum atomic E-state index is 5.78. The highest BCUT2D eigenvalue weighted by Gasteiger charge is 2.53. The molecule has 1 aromatic heterocycles. The largest absolute Gasteiger partial charge is 0.368 e. The summed E-state index contributed by atoms with van der Waals surface area (Å²) in [6.45, 7) is 4.32. The van der Waals surface area contributed by atoms with Crippen molar-refractivity contribution < 1.29 is 0 Å². The predicted molar refractivity (Wildman–Crippen MR) is 84.9 cm³/mol. The van der Waals surface area contributed by atoms with Gasteiger partial charge in [0.25, 0.3) is 0 Å².